The van der Waals surface area contributed by atoms with Crippen LogP contribution in [-0.2, 0) is 27.8 Å². The van der Waals surface area contributed by atoms with Gasteiger partial charge in [0.05, 0.1) is 11.8 Å². The second kappa shape index (κ2) is 9.37. The van der Waals surface area contributed by atoms with E-state index in [4.69, 9.17) is 0 Å². The molecule has 0 saturated carbocycles. The Morgan fingerprint density at radius 1 is 0.686 bits per heavy atom. The number of carbonyl (C=O) groups is 2. The van der Waals surface area contributed by atoms with Gasteiger partial charge in [-0.2, -0.15) is 0 Å². The lowest BCUT2D eigenvalue weighted by atomic mass is 9.60. The van der Waals surface area contributed by atoms with Crippen LogP contribution in [0.15, 0.2) is 66.7 Å². The van der Waals surface area contributed by atoms with Crippen LogP contribution in [0.4, 0.5) is 17.6 Å². The molecule has 4 nitrogen and oxygen atoms in total. The summed E-state index contributed by atoms with van der Waals surface area (Å²) in [5.41, 5.74) is -2.74. The highest BCUT2D eigenvalue weighted by molar-refractivity contribution is 5.84. The smallest absolute Gasteiger partial charge is 0.308 e. The third kappa shape index (κ3) is 4.09. The molecule has 0 heterocycles. The van der Waals surface area contributed by atoms with Crippen LogP contribution in [0.25, 0.3) is 6.08 Å². The molecule has 180 valence electrons. The summed E-state index contributed by atoms with van der Waals surface area (Å²) >= 11 is 0. The summed E-state index contributed by atoms with van der Waals surface area (Å²) in [6.45, 7) is 0. The lowest BCUT2D eigenvalue weighted by Gasteiger charge is -2.40. The number of rotatable bonds is 8. The Morgan fingerprint density at radius 2 is 1.11 bits per heavy atom. The first-order chi connectivity index (χ1) is 16.7. The molecule has 0 aliphatic heterocycles. The minimum atomic E-state index is -2.22. The summed E-state index contributed by atoms with van der Waals surface area (Å²) in [5.74, 6) is -14.0. The summed E-state index contributed by atoms with van der Waals surface area (Å²) in [7, 11) is 0. The highest BCUT2D eigenvalue weighted by Crippen LogP contribution is 2.52. The number of fused-ring (bicyclic) bond motifs is 1. The van der Waals surface area contributed by atoms with Gasteiger partial charge in [-0.25, -0.2) is 17.6 Å². The molecule has 4 rings (SSSR count). The van der Waals surface area contributed by atoms with Crippen molar-refractivity contribution in [1.82, 2.24) is 0 Å². The molecule has 0 spiro atoms. The molecule has 2 atom stereocenters. The number of carboxylic acids is 2. The molecule has 35 heavy (non-hydrogen) atoms. The van der Waals surface area contributed by atoms with Crippen LogP contribution < -0.4 is 0 Å². The predicted molar refractivity (Wildman–Crippen MR) is 120 cm³/mol. The van der Waals surface area contributed by atoms with E-state index < -0.39 is 63.6 Å². The number of carboxylic acid groups (broad SMARTS) is 2. The number of benzene rings is 3. The molecular formula is C27H20F4O4. The normalized spacial score (nSPS) is 18.2. The second-order valence-electron chi connectivity index (χ2n) is 8.47. The Morgan fingerprint density at radius 3 is 1.54 bits per heavy atom. The highest BCUT2D eigenvalue weighted by atomic mass is 19.2. The Bertz CT molecular complexity index is 1250. The van der Waals surface area contributed by atoms with Crippen molar-refractivity contribution in [3.63, 3.8) is 0 Å². The number of halogens is 4. The SMILES string of the molecule is O=C(O)C(Cc1ccccc1)C1(C(Cc2ccccc2)C(=O)O)C=Cc2c(F)c(F)c(F)c(F)c21. The Labute approximate surface area is 198 Å². The van der Waals surface area contributed by atoms with E-state index in [1.165, 1.54) is 0 Å². The van der Waals surface area contributed by atoms with Crippen molar-refractivity contribution < 1.29 is 37.4 Å². The first kappa shape index (κ1) is 24.2. The largest absolute Gasteiger partial charge is 0.481 e. The quantitative estimate of drug-likeness (QED) is 0.255. The van der Waals surface area contributed by atoms with Gasteiger partial charge in [0.15, 0.2) is 23.3 Å². The number of allylic oxidation sites excluding steroid dienone is 1. The van der Waals surface area contributed by atoms with E-state index in [2.05, 4.69) is 0 Å². The summed E-state index contributed by atoms with van der Waals surface area (Å²) in [6.07, 6.45) is 1.49. The second-order valence-corrected chi connectivity index (χ2v) is 8.47. The van der Waals surface area contributed by atoms with Crippen molar-refractivity contribution in [2.75, 3.05) is 0 Å². The fraction of sp³-hybridized carbons (Fsp3) is 0.185. The molecule has 1 aliphatic rings. The van der Waals surface area contributed by atoms with Crippen molar-refractivity contribution in [2.24, 2.45) is 11.8 Å². The van der Waals surface area contributed by atoms with Crippen molar-refractivity contribution in [2.45, 2.75) is 18.3 Å². The average molecular weight is 484 g/mol. The molecule has 2 N–H and O–H groups in total. The highest BCUT2D eigenvalue weighted by Gasteiger charge is 2.56. The number of hydrogen-bond acceptors (Lipinski definition) is 2. The maximum Gasteiger partial charge on any atom is 0.308 e. The molecule has 0 amide bonds. The maximum absolute atomic E-state index is 15.4. The van der Waals surface area contributed by atoms with Gasteiger partial charge >= 0.3 is 11.9 Å². The molecule has 3 aromatic rings. The molecule has 1 aliphatic carbocycles. The third-order valence-corrected chi connectivity index (χ3v) is 6.58. The maximum atomic E-state index is 15.4. The van der Waals surface area contributed by atoms with Crippen LogP contribution in [0, 0.1) is 35.1 Å². The van der Waals surface area contributed by atoms with E-state index in [-0.39, 0.29) is 12.8 Å². The lowest BCUT2D eigenvalue weighted by molar-refractivity contribution is -0.149. The van der Waals surface area contributed by atoms with E-state index in [0.29, 0.717) is 11.1 Å². The standard InChI is InChI=1S/C27H20F4O4/c28-21-17-11-12-27(20(17)22(29)24(31)23(21)30,18(25(32)33)13-15-7-3-1-4-8-15)19(26(34)35)14-16-9-5-2-6-10-16/h1-12,18-19H,13-14H2,(H,32,33)(H,34,35). The molecule has 0 bridgehead atoms. The molecule has 0 radical (unpaired) electrons. The van der Waals surface area contributed by atoms with Gasteiger partial charge in [-0.1, -0.05) is 72.8 Å². The number of aliphatic carboxylic acids is 2. The Kier molecular flexibility index (Phi) is 6.47. The third-order valence-electron chi connectivity index (χ3n) is 6.58. The topological polar surface area (TPSA) is 74.6 Å². The molecule has 0 saturated heterocycles. The van der Waals surface area contributed by atoms with Crippen LogP contribution in [0.1, 0.15) is 22.3 Å². The summed E-state index contributed by atoms with van der Waals surface area (Å²) in [4.78, 5) is 25.2. The Hall–Kier alpha value is -3.94. The van der Waals surface area contributed by atoms with Gasteiger partial charge in [-0.15, -0.1) is 0 Å². The molecule has 2 unspecified atom stereocenters. The van der Waals surface area contributed by atoms with E-state index in [0.717, 1.165) is 12.2 Å². The molecule has 0 aromatic heterocycles. The van der Waals surface area contributed by atoms with Gasteiger partial charge in [-0.05, 0) is 24.0 Å². The van der Waals surface area contributed by atoms with E-state index >= 15 is 4.39 Å². The zero-order valence-corrected chi connectivity index (χ0v) is 18.2. The molecular weight excluding hydrogens is 464 g/mol. The zero-order chi connectivity index (χ0) is 25.3. The minimum Gasteiger partial charge on any atom is -0.481 e. The van der Waals surface area contributed by atoms with Crippen molar-refractivity contribution >= 4 is 18.0 Å². The zero-order valence-electron chi connectivity index (χ0n) is 18.2. The average Bonchev–Trinajstić information content (AvgIpc) is 3.25. The van der Waals surface area contributed by atoms with Crippen LogP contribution >= 0.6 is 0 Å². The monoisotopic (exact) mass is 484 g/mol. The molecule has 3 aromatic carbocycles. The first-order valence-corrected chi connectivity index (χ1v) is 10.8. The van der Waals surface area contributed by atoms with Crippen LogP contribution in [0.2, 0.25) is 0 Å². The fourth-order valence-electron chi connectivity index (χ4n) is 4.98. The molecule has 8 heteroatoms. The van der Waals surface area contributed by atoms with E-state index in [1.54, 1.807) is 60.7 Å². The minimum absolute atomic E-state index is 0.265. The van der Waals surface area contributed by atoms with Crippen LogP contribution in [0.3, 0.4) is 0 Å². The van der Waals surface area contributed by atoms with Gasteiger partial charge in [-0.3, -0.25) is 9.59 Å². The summed E-state index contributed by atoms with van der Waals surface area (Å²) in [6, 6.07) is 16.4. The van der Waals surface area contributed by atoms with Gasteiger partial charge in [0.25, 0.3) is 0 Å². The first-order valence-electron chi connectivity index (χ1n) is 10.8. The lowest BCUT2D eigenvalue weighted by Crippen LogP contribution is -2.49. The Balaban J connectivity index is 2.01. The van der Waals surface area contributed by atoms with Crippen molar-refractivity contribution in [1.29, 1.82) is 0 Å². The van der Waals surface area contributed by atoms with Crippen molar-refractivity contribution in [3.05, 3.63) is 112 Å². The fourth-order valence-corrected chi connectivity index (χ4v) is 4.98. The van der Waals surface area contributed by atoms with Crippen LogP contribution in [0.5, 0.6) is 0 Å². The van der Waals surface area contributed by atoms with Crippen molar-refractivity contribution in [3.8, 4) is 0 Å². The van der Waals surface area contributed by atoms with Gasteiger partial charge in [0, 0.05) is 16.5 Å². The van der Waals surface area contributed by atoms with Gasteiger partial charge in [0.2, 0.25) is 0 Å². The summed E-state index contributed by atoms with van der Waals surface area (Å²) < 4.78 is 58.6. The van der Waals surface area contributed by atoms with E-state index in [1.807, 2.05) is 0 Å². The number of hydrogen-bond donors (Lipinski definition) is 2. The van der Waals surface area contributed by atoms with Gasteiger partial charge in [0.1, 0.15) is 0 Å². The summed E-state index contributed by atoms with van der Waals surface area (Å²) in [5, 5.41) is 20.5. The van der Waals surface area contributed by atoms with Crippen LogP contribution in [-0.4, -0.2) is 22.2 Å². The predicted octanol–water partition coefficient (Wildman–Crippen LogP) is 5.39. The van der Waals surface area contributed by atoms with Gasteiger partial charge < -0.3 is 10.2 Å². The van der Waals surface area contributed by atoms with E-state index in [9.17, 15) is 33.0 Å². The molecule has 0 fully saturated rings.